The minimum atomic E-state index is -0.620. The van der Waals surface area contributed by atoms with E-state index >= 15 is 0 Å². The van der Waals surface area contributed by atoms with Gasteiger partial charge < -0.3 is 5.11 Å². The van der Waals surface area contributed by atoms with Crippen molar-refractivity contribution in [3.8, 4) is 0 Å². The van der Waals surface area contributed by atoms with Crippen LogP contribution in [0, 0.1) is 18.3 Å². The van der Waals surface area contributed by atoms with Gasteiger partial charge in [0.1, 0.15) is 0 Å². The molecule has 0 atom stereocenters. The van der Waals surface area contributed by atoms with Crippen molar-refractivity contribution >= 4 is 11.6 Å². The second-order valence-corrected chi connectivity index (χ2v) is 8.08. The smallest absolute Gasteiger partial charge is 0.0848 e. The maximum Gasteiger partial charge on any atom is 0.0848 e. The number of hydrogen-bond donors (Lipinski definition) is 1. The molecule has 0 unspecified atom stereocenters. The molecule has 120 valence electrons. The zero-order valence-electron chi connectivity index (χ0n) is 14.0. The van der Waals surface area contributed by atoms with E-state index in [9.17, 15) is 5.11 Å². The molecule has 1 heterocycles. The minimum Gasteiger partial charge on any atom is -0.389 e. The number of aryl methyl sites for hydroxylation is 2. The third-order valence-electron chi connectivity index (χ3n) is 5.09. The lowest BCUT2D eigenvalue weighted by Gasteiger charge is -2.41. The van der Waals surface area contributed by atoms with Crippen molar-refractivity contribution in [1.82, 2.24) is 9.78 Å². The molecule has 21 heavy (non-hydrogen) atoms. The molecule has 2 rings (SSSR count). The van der Waals surface area contributed by atoms with Crippen LogP contribution in [0.3, 0.4) is 0 Å². The summed E-state index contributed by atoms with van der Waals surface area (Å²) in [7, 11) is 0. The Morgan fingerprint density at radius 1 is 1.33 bits per heavy atom. The van der Waals surface area contributed by atoms with Crippen LogP contribution in [0.1, 0.15) is 64.8 Å². The molecular formula is C17H29ClN2O. The van der Waals surface area contributed by atoms with Crippen molar-refractivity contribution in [2.45, 2.75) is 78.9 Å². The summed E-state index contributed by atoms with van der Waals surface area (Å²) in [5, 5.41) is 16.1. The van der Waals surface area contributed by atoms with Gasteiger partial charge in [-0.05, 0) is 50.9 Å². The predicted octanol–water partition coefficient (Wildman–Crippen LogP) is 4.37. The first-order valence-corrected chi connectivity index (χ1v) is 8.48. The van der Waals surface area contributed by atoms with Gasteiger partial charge in [0.05, 0.1) is 22.0 Å². The van der Waals surface area contributed by atoms with Gasteiger partial charge in [-0.15, -0.1) is 0 Å². The lowest BCUT2D eigenvalue weighted by Crippen LogP contribution is -2.39. The molecular weight excluding hydrogens is 284 g/mol. The Bertz CT molecular complexity index is 494. The molecule has 0 saturated heterocycles. The van der Waals surface area contributed by atoms with E-state index < -0.39 is 5.60 Å². The van der Waals surface area contributed by atoms with E-state index in [1.807, 2.05) is 11.6 Å². The van der Waals surface area contributed by atoms with Gasteiger partial charge in [-0.2, -0.15) is 5.10 Å². The van der Waals surface area contributed by atoms with Gasteiger partial charge in [0.25, 0.3) is 0 Å². The quantitative estimate of drug-likeness (QED) is 0.899. The normalized spacial score (nSPS) is 27.1. The van der Waals surface area contributed by atoms with Gasteiger partial charge in [0.2, 0.25) is 0 Å². The molecule has 1 aliphatic carbocycles. The maximum atomic E-state index is 11.0. The van der Waals surface area contributed by atoms with Crippen LogP contribution in [-0.2, 0) is 13.0 Å². The van der Waals surface area contributed by atoms with Gasteiger partial charge >= 0.3 is 0 Å². The van der Waals surface area contributed by atoms with E-state index in [0.717, 1.165) is 48.6 Å². The second kappa shape index (κ2) is 5.92. The summed E-state index contributed by atoms with van der Waals surface area (Å²) in [6, 6.07) is 0. The molecule has 3 nitrogen and oxygen atoms in total. The predicted molar refractivity (Wildman–Crippen MR) is 87.7 cm³/mol. The number of halogens is 1. The standard InChI is InChI=1S/C17H29ClN2O/c1-6-20-14(15(18)12(2)19-20)11-17(21)9-7-13(8-10-17)16(3,4)5/h13,21H,6-11H2,1-5H3. The van der Waals surface area contributed by atoms with E-state index in [1.165, 1.54) is 0 Å². The van der Waals surface area contributed by atoms with Gasteiger partial charge in [0, 0.05) is 13.0 Å². The van der Waals surface area contributed by atoms with Crippen molar-refractivity contribution in [3.63, 3.8) is 0 Å². The lowest BCUT2D eigenvalue weighted by molar-refractivity contribution is -0.0258. The van der Waals surface area contributed by atoms with Crippen LogP contribution in [0.2, 0.25) is 5.02 Å². The number of rotatable bonds is 3. The van der Waals surface area contributed by atoms with Crippen molar-refractivity contribution in [2.24, 2.45) is 11.3 Å². The fourth-order valence-corrected chi connectivity index (χ4v) is 3.75. The first kappa shape index (κ1) is 16.8. The molecule has 1 aromatic rings. The van der Waals surface area contributed by atoms with Crippen LogP contribution in [0.5, 0.6) is 0 Å². The fourth-order valence-electron chi connectivity index (χ4n) is 3.55. The monoisotopic (exact) mass is 312 g/mol. The number of aromatic nitrogens is 2. The SMILES string of the molecule is CCn1nc(C)c(Cl)c1CC1(O)CCC(C(C)(C)C)CC1. The molecule has 1 N–H and O–H groups in total. The summed E-state index contributed by atoms with van der Waals surface area (Å²) in [4.78, 5) is 0. The Balaban J connectivity index is 2.10. The van der Waals surface area contributed by atoms with E-state index in [4.69, 9.17) is 11.6 Å². The number of hydrogen-bond acceptors (Lipinski definition) is 2. The molecule has 0 amide bonds. The topological polar surface area (TPSA) is 38.0 Å². The highest BCUT2D eigenvalue weighted by atomic mass is 35.5. The molecule has 0 bridgehead atoms. The van der Waals surface area contributed by atoms with Crippen LogP contribution in [-0.4, -0.2) is 20.5 Å². The molecule has 0 spiro atoms. The summed E-state index contributed by atoms with van der Waals surface area (Å²) in [6.07, 6.45) is 4.53. The van der Waals surface area contributed by atoms with Crippen LogP contribution in [0.4, 0.5) is 0 Å². The lowest BCUT2D eigenvalue weighted by atomic mass is 9.67. The van der Waals surface area contributed by atoms with Crippen LogP contribution in [0.15, 0.2) is 0 Å². The highest BCUT2D eigenvalue weighted by Crippen LogP contribution is 2.43. The Kier molecular flexibility index (Phi) is 4.75. The first-order valence-electron chi connectivity index (χ1n) is 8.10. The molecule has 0 radical (unpaired) electrons. The van der Waals surface area contributed by atoms with E-state index in [0.29, 0.717) is 17.8 Å². The van der Waals surface area contributed by atoms with Gasteiger partial charge in [-0.3, -0.25) is 4.68 Å². The fraction of sp³-hybridized carbons (Fsp3) is 0.824. The molecule has 1 fully saturated rings. The number of aliphatic hydroxyl groups is 1. The van der Waals surface area contributed by atoms with Crippen molar-refractivity contribution in [3.05, 3.63) is 16.4 Å². The van der Waals surface area contributed by atoms with Crippen LogP contribution >= 0.6 is 11.6 Å². The van der Waals surface area contributed by atoms with Gasteiger partial charge in [0.15, 0.2) is 0 Å². The Labute approximate surface area is 133 Å². The van der Waals surface area contributed by atoms with Crippen LogP contribution in [0.25, 0.3) is 0 Å². The molecule has 1 saturated carbocycles. The summed E-state index contributed by atoms with van der Waals surface area (Å²) < 4.78 is 1.94. The minimum absolute atomic E-state index is 0.334. The molecule has 0 aromatic carbocycles. The third kappa shape index (κ3) is 3.62. The average molecular weight is 313 g/mol. The highest BCUT2D eigenvalue weighted by Gasteiger charge is 2.38. The Morgan fingerprint density at radius 2 is 1.90 bits per heavy atom. The molecule has 4 heteroatoms. The highest BCUT2D eigenvalue weighted by molar-refractivity contribution is 6.31. The molecule has 0 aliphatic heterocycles. The van der Waals surface area contributed by atoms with Crippen LogP contribution < -0.4 is 0 Å². The van der Waals surface area contributed by atoms with Gasteiger partial charge in [-0.25, -0.2) is 0 Å². The zero-order chi connectivity index (χ0) is 15.8. The molecule has 1 aliphatic rings. The third-order valence-corrected chi connectivity index (χ3v) is 5.58. The van der Waals surface area contributed by atoms with Crippen molar-refractivity contribution in [1.29, 1.82) is 0 Å². The van der Waals surface area contributed by atoms with Crippen molar-refractivity contribution in [2.75, 3.05) is 0 Å². The maximum absolute atomic E-state index is 11.0. The van der Waals surface area contributed by atoms with E-state index in [2.05, 4.69) is 32.8 Å². The second-order valence-electron chi connectivity index (χ2n) is 7.70. The van der Waals surface area contributed by atoms with Crippen molar-refractivity contribution < 1.29 is 5.11 Å². The summed E-state index contributed by atoms with van der Waals surface area (Å²) in [5.74, 6) is 0.700. The summed E-state index contributed by atoms with van der Waals surface area (Å²) in [5.41, 5.74) is 1.57. The largest absolute Gasteiger partial charge is 0.389 e. The molecule has 1 aromatic heterocycles. The zero-order valence-corrected chi connectivity index (χ0v) is 14.8. The summed E-state index contributed by atoms with van der Waals surface area (Å²) in [6.45, 7) is 11.7. The van der Waals surface area contributed by atoms with E-state index in [-0.39, 0.29) is 0 Å². The Morgan fingerprint density at radius 3 is 2.38 bits per heavy atom. The average Bonchev–Trinajstić information content (AvgIpc) is 2.65. The number of nitrogens with zero attached hydrogens (tertiary/aromatic N) is 2. The van der Waals surface area contributed by atoms with E-state index in [1.54, 1.807) is 0 Å². The van der Waals surface area contributed by atoms with Gasteiger partial charge in [-0.1, -0.05) is 32.4 Å². The summed E-state index contributed by atoms with van der Waals surface area (Å²) >= 11 is 6.38. The Hall–Kier alpha value is -0.540. The first-order chi connectivity index (χ1) is 9.66.